The summed E-state index contributed by atoms with van der Waals surface area (Å²) >= 11 is 7.96. The molecule has 0 aliphatic carbocycles. The van der Waals surface area contributed by atoms with Gasteiger partial charge < -0.3 is 5.32 Å². The molecule has 0 fully saturated rings. The number of allylic oxidation sites excluding steroid dienone is 4. The number of hydrogen-bond acceptors (Lipinski definition) is 4. The molecule has 0 spiro atoms. The van der Waals surface area contributed by atoms with E-state index < -0.39 is 5.92 Å². The van der Waals surface area contributed by atoms with Gasteiger partial charge in [-0.1, -0.05) is 54.1 Å². The summed E-state index contributed by atoms with van der Waals surface area (Å²) in [7, 11) is 0. The minimum absolute atomic E-state index is 0.108. The van der Waals surface area contributed by atoms with Crippen LogP contribution in [0, 0.1) is 0 Å². The molecule has 5 heteroatoms. The van der Waals surface area contributed by atoms with Crippen molar-refractivity contribution in [3.8, 4) is 0 Å². The molecule has 0 saturated heterocycles. The molecule has 33 heavy (non-hydrogen) atoms. The fourth-order valence-corrected chi connectivity index (χ4v) is 4.87. The lowest BCUT2D eigenvalue weighted by Crippen LogP contribution is -2.31. The van der Waals surface area contributed by atoms with Gasteiger partial charge in [-0.15, -0.1) is 11.8 Å². The van der Waals surface area contributed by atoms with Crippen LogP contribution in [-0.2, 0) is 0 Å². The van der Waals surface area contributed by atoms with E-state index in [1.165, 1.54) is 0 Å². The third-order valence-electron chi connectivity index (χ3n) is 5.82. The van der Waals surface area contributed by atoms with Gasteiger partial charge in [-0.25, -0.2) is 0 Å². The van der Waals surface area contributed by atoms with Gasteiger partial charge in [0.15, 0.2) is 11.6 Å². The number of rotatable bonds is 6. The molecule has 1 unspecified atom stereocenters. The molecule has 1 aliphatic heterocycles. The molecule has 0 aromatic heterocycles. The molecule has 3 aromatic carbocycles. The summed E-state index contributed by atoms with van der Waals surface area (Å²) < 4.78 is 0. The van der Waals surface area contributed by atoms with Crippen LogP contribution >= 0.6 is 23.4 Å². The lowest BCUT2D eigenvalue weighted by molar-refractivity contribution is 0.101. The van der Waals surface area contributed by atoms with E-state index in [0.717, 1.165) is 21.9 Å². The summed E-state index contributed by atoms with van der Waals surface area (Å²) in [5.74, 6) is -0.755. The predicted molar refractivity (Wildman–Crippen MR) is 136 cm³/mol. The number of carbonyl (C=O) groups is 2. The van der Waals surface area contributed by atoms with Gasteiger partial charge in [-0.3, -0.25) is 9.59 Å². The summed E-state index contributed by atoms with van der Waals surface area (Å²) in [5.41, 5.74) is 4.56. The van der Waals surface area contributed by atoms with Crippen molar-refractivity contribution in [3.05, 3.63) is 123 Å². The molecule has 0 radical (unpaired) electrons. The fourth-order valence-electron chi connectivity index (χ4n) is 4.26. The number of carbonyl (C=O) groups excluding carboxylic acids is 2. The molecule has 4 rings (SSSR count). The number of ketones is 2. The maximum atomic E-state index is 13.8. The Balaban J connectivity index is 1.88. The standard InChI is InChI=1S/C28H24ClNO2S/c1-17-24(27(31)19-8-5-4-6-9-19)26(21-10-7-11-22(29)16-21)25(18(2)30-17)28(32)20-12-14-23(33-3)15-13-20/h4-16,26,30H,1-3H3. The third kappa shape index (κ3) is 4.68. The smallest absolute Gasteiger partial charge is 0.191 e. The normalized spacial score (nSPS) is 15.9. The van der Waals surface area contributed by atoms with Crippen molar-refractivity contribution in [1.82, 2.24) is 5.32 Å². The van der Waals surface area contributed by atoms with Crippen molar-refractivity contribution in [1.29, 1.82) is 0 Å². The highest BCUT2D eigenvalue weighted by atomic mass is 35.5. The summed E-state index contributed by atoms with van der Waals surface area (Å²) in [5, 5.41) is 3.86. The Bertz CT molecular complexity index is 1280. The molecule has 1 N–H and O–H groups in total. The van der Waals surface area contributed by atoms with E-state index in [1.54, 1.807) is 30.0 Å². The zero-order valence-corrected chi connectivity index (χ0v) is 20.3. The van der Waals surface area contributed by atoms with Crippen LogP contribution in [0.4, 0.5) is 0 Å². The zero-order chi connectivity index (χ0) is 23.5. The van der Waals surface area contributed by atoms with Crippen LogP contribution in [0.3, 0.4) is 0 Å². The van der Waals surface area contributed by atoms with E-state index in [0.29, 0.717) is 27.3 Å². The van der Waals surface area contributed by atoms with Crippen molar-refractivity contribution in [3.63, 3.8) is 0 Å². The molecule has 166 valence electrons. The number of benzene rings is 3. The first kappa shape index (κ1) is 23.1. The molecule has 1 atom stereocenters. The minimum Gasteiger partial charge on any atom is -0.362 e. The second-order valence-electron chi connectivity index (χ2n) is 7.94. The highest BCUT2D eigenvalue weighted by molar-refractivity contribution is 7.98. The summed E-state index contributed by atoms with van der Waals surface area (Å²) in [6, 6.07) is 24.1. The average molecular weight is 474 g/mol. The summed E-state index contributed by atoms with van der Waals surface area (Å²) in [6.45, 7) is 3.76. The Morgan fingerprint density at radius 1 is 0.788 bits per heavy atom. The summed E-state index contributed by atoms with van der Waals surface area (Å²) in [4.78, 5) is 28.6. The first-order valence-corrected chi connectivity index (χ1v) is 12.2. The number of dihydropyridines is 1. The maximum Gasteiger partial charge on any atom is 0.191 e. The van der Waals surface area contributed by atoms with Crippen LogP contribution in [0.2, 0.25) is 5.02 Å². The number of halogens is 1. The van der Waals surface area contributed by atoms with Crippen molar-refractivity contribution >= 4 is 34.9 Å². The van der Waals surface area contributed by atoms with Gasteiger partial charge >= 0.3 is 0 Å². The van der Waals surface area contributed by atoms with Crippen molar-refractivity contribution < 1.29 is 9.59 Å². The lowest BCUT2D eigenvalue weighted by atomic mass is 9.75. The minimum atomic E-state index is -0.537. The highest BCUT2D eigenvalue weighted by Gasteiger charge is 2.36. The Kier molecular flexibility index (Phi) is 6.87. The topological polar surface area (TPSA) is 46.2 Å². The SMILES string of the molecule is CSc1ccc(C(=O)C2=C(C)NC(C)=C(C(=O)c3ccccc3)C2c2cccc(Cl)c2)cc1. The van der Waals surface area contributed by atoms with E-state index in [9.17, 15) is 9.59 Å². The molecule has 0 bridgehead atoms. The second-order valence-corrected chi connectivity index (χ2v) is 9.26. The van der Waals surface area contributed by atoms with Crippen LogP contribution in [0.1, 0.15) is 46.0 Å². The van der Waals surface area contributed by atoms with Gasteiger partial charge in [0, 0.05) is 49.5 Å². The number of hydrogen-bond donors (Lipinski definition) is 1. The van der Waals surface area contributed by atoms with E-state index in [2.05, 4.69) is 5.32 Å². The second kappa shape index (κ2) is 9.82. The van der Waals surface area contributed by atoms with Gasteiger partial charge in [0.25, 0.3) is 0 Å². The monoisotopic (exact) mass is 473 g/mol. The first-order chi connectivity index (χ1) is 15.9. The number of Topliss-reactive ketones (excluding diaryl/α,β-unsaturated/α-hetero) is 2. The quantitative estimate of drug-likeness (QED) is 0.307. The third-order valence-corrected chi connectivity index (χ3v) is 6.80. The molecular formula is C28H24ClNO2S. The lowest BCUT2D eigenvalue weighted by Gasteiger charge is -2.31. The molecule has 3 nitrogen and oxygen atoms in total. The van der Waals surface area contributed by atoms with E-state index in [4.69, 9.17) is 11.6 Å². The average Bonchev–Trinajstić information content (AvgIpc) is 2.83. The van der Waals surface area contributed by atoms with E-state index >= 15 is 0 Å². The van der Waals surface area contributed by atoms with Crippen LogP contribution in [0.15, 0.2) is 106 Å². The first-order valence-electron chi connectivity index (χ1n) is 10.6. The fraction of sp³-hybridized carbons (Fsp3) is 0.143. The van der Waals surface area contributed by atoms with Crippen LogP contribution < -0.4 is 5.32 Å². The largest absolute Gasteiger partial charge is 0.362 e. The van der Waals surface area contributed by atoms with Gasteiger partial charge in [-0.05, 0) is 62.1 Å². The molecular weight excluding hydrogens is 450 g/mol. The Hall–Kier alpha value is -3.08. The maximum absolute atomic E-state index is 13.8. The Morgan fingerprint density at radius 2 is 1.36 bits per heavy atom. The highest BCUT2D eigenvalue weighted by Crippen LogP contribution is 2.41. The number of thioether (sulfide) groups is 1. The number of nitrogens with one attached hydrogen (secondary N) is 1. The van der Waals surface area contributed by atoms with Gasteiger partial charge in [0.2, 0.25) is 0 Å². The molecule has 0 saturated carbocycles. The molecule has 1 heterocycles. The van der Waals surface area contributed by atoms with Crippen LogP contribution in [0.5, 0.6) is 0 Å². The summed E-state index contributed by atoms with van der Waals surface area (Å²) in [6.07, 6.45) is 2.00. The molecule has 3 aromatic rings. The zero-order valence-electron chi connectivity index (χ0n) is 18.7. The Morgan fingerprint density at radius 3 is 1.91 bits per heavy atom. The van der Waals surface area contributed by atoms with Crippen LogP contribution in [0.25, 0.3) is 0 Å². The molecule has 1 aliphatic rings. The van der Waals surface area contributed by atoms with Gasteiger partial charge in [0.1, 0.15) is 0 Å². The van der Waals surface area contributed by atoms with Crippen LogP contribution in [-0.4, -0.2) is 17.8 Å². The van der Waals surface area contributed by atoms with E-state index in [1.807, 2.05) is 80.8 Å². The van der Waals surface area contributed by atoms with Gasteiger partial charge in [0.05, 0.1) is 0 Å². The van der Waals surface area contributed by atoms with E-state index in [-0.39, 0.29) is 11.6 Å². The van der Waals surface area contributed by atoms with Crippen molar-refractivity contribution in [2.24, 2.45) is 0 Å². The van der Waals surface area contributed by atoms with Crippen molar-refractivity contribution in [2.45, 2.75) is 24.7 Å². The predicted octanol–water partition coefficient (Wildman–Crippen LogP) is 7.06. The van der Waals surface area contributed by atoms with Crippen molar-refractivity contribution in [2.75, 3.05) is 6.26 Å². The Labute approximate surface area is 203 Å². The van der Waals surface area contributed by atoms with Gasteiger partial charge in [-0.2, -0.15) is 0 Å². The molecule has 0 amide bonds.